The van der Waals surface area contributed by atoms with E-state index in [1.165, 1.54) is 13.2 Å². The summed E-state index contributed by atoms with van der Waals surface area (Å²) in [5, 5.41) is 0.184. The molecule has 1 atom stereocenters. The van der Waals surface area contributed by atoms with Crippen LogP contribution in [0.3, 0.4) is 0 Å². The van der Waals surface area contributed by atoms with E-state index in [0.717, 1.165) is 0 Å². The zero-order valence-electron chi connectivity index (χ0n) is 15.2. The van der Waals surface area contributed by atoms with Gasteiger partial charge in [0.25, 0.3) is 5.91 Å². The lowest BCUT2D eigenvalue weighted by Crippen LogP contribution is -2.58. The molecule has 0 saturated carbocycles. The lowest BCUT2D eigenvalue weighted by atomic mass is 10.1. The van der Waals surface area contributed by atoms with Crippen molar-refractivity contribution in [2.45, 2.75) is 32.4 Å². The lowest BCUT2D eigenvalue weighted by molar-refractivity contribution is 0.000912. The Morgan fingerprint density at radius 2 is 2.12 bits per heavy atom. The van der Waals surface area contributed by atoms with Crippen LogP contribution in [0.25, 0.3) is 0 Å². The number of piperazine rings is 1. The van der Waals surface area contributed by atoms with Crippen LogP contribution in [-0.2, 0) is 4.74 Å². The van der Waals surface area contributed by atoms with Gasteiger partial charge in [0.2, 0.25) is 5.88 Å². The fourth-order valence-corrected chi connectivity index (χ4v) is 3.19. The van der Waals surface area contributed by atoms with Gasteiger partial charge in [0, 0.05) is 25.7 Å². The molecule has 26 heavy (non-hydrogen) atoms. The highest BCUT2D eigenvalue weighted by Gasteiger charge is 2.39. The molecular weight excluding hydrogens is 362 g/mol. The molecule has 1 fully saturated rings. The van der Waals surface area contributed by atoms with Gasteiger partial charge in [0.1, 0.15) is 28.7 Å². The largest absolute Gasteiger partial charge is 0.490 e. The van der Waals surface area contributed by atoms with E-state index >= 15 is 0 Å². The van der Waals surface area contributed by atoms with Crippen molar-refractivity contribution < 1.29 is 23.8 Å². The Bertz CT molecular complexity index is 734. The fraction of sp³-hybridized carbons (Fsp3) is 0.588. The number of carbonyl (C=O) groups is 2. The van der Waals surface area contributed by atoms with Gasteiger partial charge in [-0.15, -0.1) is 0 Å². The van der Waals surface area contributed by atoms with E-state index in [1.807, 2.05) is 20.8 Å². The first-order chi connectivity index (χ1) is 12.2. The number of methoxy groups -OCH3 is 1. The number of ether oxygens (including phenoxy) is 3. The lowest BCUT2D eigenvalue weighted by Gasteiger charge is -2.40. The Morgan fingerprint density at radius 1 is 1.38 bits per heavy atom. The maximum atomic E-state index is 13.0. The van der Waals surface area contributed by atoms with E-state index in [0.29, 0.717) is 25.4 Å². The third-order valence-corrected chi connectivity index (χ3v) is 4.35. The number of halogens is 1. The first-order valence-electron chi connectivity index (χ1n) is 8.36. The van der Waals surface area contributed by atoms with Gasteiger partial charge in [-0.05, 0) is 20.8 Å². The molecule has 2 amide bonds. The molecule has 0 radical (unpaired) electrons. The minimum atomic E-state index is -0.573. The summed E-state index contributed by atoms with van der Waals surface area (Å²) in [6.07, 6.45) is -0.395. The molecule has 3 rings (SSSR count). The highest BCUT2D eigenvalue weighted by molar-refractivity contribution is 6.29. The van der Waals surface area contributed by atoms with E-state index in [9.17, 15) is 9.59 Å². The second kappa shape index (κ2) is 6.83. The zero-order chi connectivity index (χ0) is 19.1. The second-order valence-electron chi connectivity index (χ2n) is 7.22. The Morgan fingerprint density at radius 3 is 2.77 bits per heavy atom. The van der Waals surface area contributed by atoms with Gasteiger partial charge >= 0.3 is 6.09 Å². The Kier molecular flexibility index (Phi) is 4.88. The van der Waals surface area contributed by atoms with Gasteiger partial charge in [-0.3, -0.25) is 4.79 Å². The van der Waals surface area contributed by atoms with Crippen molar-refractivity contribution >= 4 is 23.6 Å². The molecule has 3 heterocycles. The highest BCUT2D eigenvalue weighted by atomic mass is 35.5. The molecule has 142 valence electrons. The molecule has 2 aliphatic rings. The van der Waals surface area contributed by atoms with Crippen LogP contribution in [-0.4, -0.2) is 71.8 Å². The monoisotopic (exact) mass is 383 g/mol. The number of nitrogens with zero attached hydrogens (tertiary/aromatic N) is 3. The molecule has 0 aliphatic carbocycles. The fourth-order valence-electron chi connectivity index (χ4n) is 3.02. The number of fused-ring (bicyclic) bond motifs is 2. The number of carbonyl (C=O) groups excluding carboxylic acids is 2. The van der Waals surface area contributed by atoms with E-state index < -0.39 is 11.7 Å². The van der Waals surface area contributed by atoms with E-state index in [4.69, 9.17) is 25.8 Å². The van der Waals surface area contributed by atoms with Gasteiger partial charge in [0.15, 0.2) is 0 Å². The predicted molar refractivity (Wildman–Crippen MR) is 93.9 cm³/mol. The van der Waals surface area contributed by atoms with Gasteiger partial charge in [-0.2, -0.15) is 0 Å². The number of amides is 2. The first kappa shape index (κ1) is 18.6. The molecule has 1 saturated heterocycles. The van der Waals surface area contributed by atoms with Crippen LogP contribution < -0.4 is 9.47 Å². The Hall–Kier alpha value is -2.22. The second-order valence-corrected chi connectivity index (χ2v) is 7.60. The maximum Gasteiger partial charge on any atom is 0.410 e. The summed E-state index contributed by atoms with van der Waals surface area (Å²) in [4.78, 5) is 32.7. The third-order valence-electron chi connectivity index (χ3n) is 4.15. The average molecular weight is 384 g/mol. The Labute approximate surface area is 157 Å². The van der Waals surface area contributed by atoms with Crippen molar-refractivity contribution in [3.05, 3.63) is 16.8 Å². The molecule has 1 aromatic rings. The summed E-state index contributed by atoms with van der Waals surface area (Å²) in [6.45, 7) is 6.78. The van der Waals surface area contributed by atoms with Gasteiger partial charge < -0.3 is 24.0 Å². The average Bonchev–Trinajstić information content (AvgIpc) is 2.69. The van der Waals surface area contributed by atoms with Crippen molar-refractivity contribution in [2.75, 3.05) is 33.4 Å². The summed E-state index contributed by atoms with van der Waals surface area (Å²) in [5.74, 6) is 0.227. The third kappa shape index (κ3) is 3.65. The number of hydrogen-bond acceptors (Lipinski definition) is 6. The molecule has 0 aromatic carbocycles. The smallest absolute Gasteiger partial charge is 0.410 e. The normalized spacial score (nSPS) is 19.9. The molecule has 0 unspecified atom stereocenters. The zero-order valence-corrected chi connectivity index (χ0v) is 16.0. The number of hydrogen-bond donors (Lipinski definition) is 0. The van der Waals surface area contributed by atoms with Crippen molar-refractivity contribution in [3.8, 4) is 11.6 Å². The van der Waals surface area contributed by atoms with Crippen molar-refractivity contribution in [2.24, 2.45) is 0 Å². The minimum absolute atomic E-state index is 0.132. The van der Waals surface area contributed by atoms with E-state index in [2.05, 4.69) is 4.98 Å². The summed E-state index contributed by atoms with van der Waals surface area (Å²) in [7, 11) is 1.43. The highest BCUT2D eigenvalue weighted by Crippen LogP contribution is 2.34. The summed E-state index contributed by atoms with van der Waals surface area (Å²) < 4.78 is 16.4. The molecule has 2 aliphatic heterocycles. The van der Waals surface area contributed by atoms with Gasteiger partial charge in [-0.25, -0.2) is 9.78 Å². The molecule has 0 N–H and O–H groups in total. The van der Waals surface area contributed by atoms with Crippen molar-refractivity contribution in [1.82, 2.24) is 14.8 Å². The maximum absolute atomic E-state index is 13.0. The van der Waals surface area contributed by atoms with Crippen LogP contribution >= 0.6 is 11.6 Å². The van der Waals surface area contributed by atoms with Crippen LogP contribution in [0.4, 0.5) is 4.79 Å². The predicted octanol–water partition coefficient (Wildman–Crippen LogP) is 2.20. The minimum Gasteiger partial charge on any atom is -0.490 e. The molecule has 0 spiro atoms. The van der Waals surface area contributed by atoms with E-state index in [1.54, 1.807) is 9.80 Å². The SMILES string of the molecule is COc1nc(Cl)cc2c1C(=O)N1CCN(C(=O)OC(C)(C)C)C[C@@H]1CO2. The van der Waals surface area contributed by atoms with Crippen LogP contribution in [0, 0.1) is 0 Å². The van der Waals surface area contributed by atoms with Gasteiger partial charge in [0.05, 0.1) is 13.2 Å². The first-order valence-corrected chi connectivity index (χ1v) is 8.73. The van der Waals surface area contributed by atoms with Crippen LogP contribution in [0.15, 0.2) is 6.07 Å². The van der Waals surface area contributed by atoms with Crippen LogP contribution in [0.5, 0.6) is 11.6 Å². The summed E-state index contributed by atoms with van der Waals surface area (Å²) >= 11 is 5.98. The number of rotatable bonds is 1. The van der Waals surface area contributed by atoms with Gasteiger partial charge in [-0.1, -0.05) is 11.6 Å². The molecular formula is C17H22ClN3O5. The molecule has 8 nitrogen and oxygen atoms in total. The van der Waals surface area contributed by atoms with Crippen LogP contribution in [0.2, 0.25) is 5.15 Å². The quantitative estimate of drug-likeness (QED) is 0.691. The summed E-state index contributed by atoms with van der Waals surface area (Å²) in [6, 6.07) is 1.21. The van der Waals surface area contributed by atoms with Crippen LogP contribution in [0.1, 0.15) is 31.1 Å². The molecule has 1 aromatic heterocycles. The van der Waals surface area contributed by atoms with E-state index in [-0.39, 0.29) is 35.2 Å². The number of pyridine rings is 1. The summed E-state index contributed by atoms with van der Waals surface area (Å²) in [5.41, 5.74) is -0.319. The molecule has 0 bridgehead atoms. The number of aromatic nitrogens is 1. The molecule has 9 heteroatoms. The standard InChI is InChI=1S/C17H22ClN3O5/c1-17(2,3)26-16(23)20-5-6-21-10(8-20)9-25-11-7-12(18)19-14(24-4)13(11)15(21)22/h7,10H,5-6,8-9H2,1-4H3/t10-/m1/s1. The van der Waals surface area contributed by atoms with Crippen molar-refractivity contribution in [3.63, 3.8) is 0 Å². The Balaban J connectivity index is 1.82. The topological polar surface area (TPSA) is 81.2 Å². The van der Waals surface area contributed by atoms with Crippen molar-refractivity contribution in [1.29, 1.82) is 0 Å².